The predicted octanol–water partition coefficient (Wildman–Crippen LogP) is 2.99. The van der Waals surface area contributed by atoms with Gasteiger partial charge in [0, 0.05) is 11.0 Å². The van der Waals surface area contributed by atoms with Gasteiger partial charge < -0.3 is 10.1 Å². The molecule has 0 radical (unpaired) electrons. The fraction of sp³-hybridized carbons (Fsp3) is 0.462. The number of anilines is 1. The summed E-state index contributed by atoms with van der Waals surface area (Å²) in [5, 5.41) is 4.10. The van der Waals surface area contributed by atoms with Crippen molar-refractivity contribution in [2.45, 2.75) is 25.8 Å². The second kappa shape index (κ2) is 6.05. The van der Waals surface area contributed by atoms with Crippen LogP contribution in [0, 0.1) is 0 Å². The largest absolute Gasteiger partial charge is 0.467 e. The Balaban J connectivity index is 2.71. The van der Waals surface area contributed by atoms with Crippen LogP contribution in [0.25, 0.3) is 0 Å². The molecule has 94 valence electrons. The molecule has 0 aliphatic carbocycles. The van der Waals surface area contributed by atoms with Crippen LogP contribution < -0.4 is 5.32 Å². The Morgan fingerprint density at radius 1 is 1.35 bits per heavy atom. The molecule has 1 N–H and O–H groups in total. The molecule has 1 aromatic carbocycles. The molecule has 0 saturated carbocycles. The smallest absolute Gasteiger partial charge is 0.330 e. The number of alkyl halides is 1. The Bertz CT molecular complexity index is 374. The van der Waals surface area contributed by atoms with Gasteiger partial charge in [-0.2, -0.15) is 0 Å². The first-order valence-corrected chi connectivity index (χ1v) is 6.63. The molecule has 0 fully saturated rings. The highest BCUT2D eigenvalue weighted by Gasteiger charge is 2.28. The Morgan fingerprint density at radius 3 is 2.41 bits per heavy atom. The third-order valence-electron chi connectivity index (χ3n) is 2.49. The number of ether oxygens (including phenoxy) is 1. The minimum Gasteiger partial charge on any atom is -0.467 e. The molecular weight excluding hydrogens is 282 g/mol. The maximum atomic E-state index is 11.5. The highest BCUT2D eigenvalue weighted by Crippen LogP contribution is 2.17. The molecule has 0 spiro atoms. The van der Waals surface area contributed by atoms with Crippen LogP contribution in [-0.2, 0) is 16.0 Å². The van der Waals surface area contributed by atoms with Gasteiger partial charge in [0.15, 0.2) is 0 Å². The van der Waals surface area contributed by atoms with E-state index >= 15 is 0 Å². The van der Waals surface area contributed by atoms with Gasteiger partial charge >= 0.3 is 5.97 Å². The molecule has 0 amide bonds. The van der Waals surface area contributed by atoms with Crippen LogP contribution in [-0.4, -0.2) is 23.9 Å². The number of esters is 1. The molecule has 0 heterocycles. The second-order valence-electron chi connectivity index (χ2n) is 4.38. The predicted molar refractivity (Wildman–Crippen MR) is 73.7 cm³/mol. The van der Waals surface area contributed by atoms with Crippen molar-refractivity contribution in [3.8, 4) is 0 Å². The van der Waals surface area contributed by atoms with Crippen LogP contribution in [0.3, 0.4) is 0 Å². The summed E-state index contributed by atoms with van der Waals surface area (Å²) in [6.07, 6.45) is 1.00. The summed E-state index contributed by atoms with van der Waals surface area (Å²) in [5.41, 5.74) is 1.47. The summed E-state index contributed by atoms with van der Waals surface area (Å²) in [6, 6.07) is 8.05. The first kappa shape index (κ1) is 14.0. The van der Waals surface area contributed by atoms with Crippen molar-refractivity contribution < 1.29 is 9.53 Å². The maximum Gasteiger partial charge on any atom is 0.330 e. The van der Waals surface area contributed by atoms with E-state index < -0.39 is 5.54 Å². The number of carbonyl (C=O) groups excluding carboxylic acids is 1. The van der Waals surface area contributed by atoms with Gasteiger partial charge in [0.05, 0.1) is 7.11 Å². The first-order valence-electron chi connectivity index (χ1n) is 5.51. The van der Waals surface area contributed by atoms with E-state index in [0.717, 1.165) is 17.4 Å². The van der Waals surface area contributed by atoms with Crippen LogP contribution in [0.15, 0.2) is 24.3 Å². The number of rotatable bonds is 5. The van der Waals surface area contributed by atoms with E-state index in [-0.39, 0.29) is 5.97 Å². The van der Waals surface area contributed by atoms with Gasteiger partial charge in [-0.05, 0) is 38.0 Å². The maximum absolute atomic E-state index is 11.5. The quantitative estimate of drug-likeness (QED) is 0.671. The SMILES string of the molecule is COC(=O)C(C)(C)Nc1ccc(CCBr)cc1. The number of hydrogen-bond acceptors (Lipinski definition) is 3. The van der Waals surface area contributed by atoms with Gasteiger partial charge in [0.2, 0.25) is 0 Å². The normalized spacial score (nSPS) is 11.1. The second-order valence-corrected chi connectivity index (χ2v) is 5.17. The topological polar surface area (TPSA) is 38.3 Å². The van der Waals surface area contributed by atoms with Crippen molar-refractivity contribution >= 4 is 27.6 Å². The number of nitrogens with one attached hydrogen (secondary N) is 1. The third-order valence-corrected chi connectivity index (χ3v) is 2.89. The molecule has 3 nitrogen and oxygen atoms in total. The van der Waals surface area contributed by atoms with Crippen molar-refractivity contribution in [1.29, 1.82) is 0 Å². The number of benzene rings is 1. The van der Waals surface area contributed by atoms with Crippen molar-refractivity contribution in [3.63, 3.8) is 0 Å². The number of aryl methyl sites for hydroxylation is 1. The van der Waals surface area contributed by atoms with Crippen molar-refractivity contribution in [2.24, 2.45) is 0 Å². The highest BCUT2D eigenvalue weighted by atomic mass is 79.9. The molecule has 0 aromatic heterocycles. The molecule has 0 saturated heterocycles. The van der Waals surface area contributed by atoms with E-state index in [1.165, 1.54) is 12.7 Å². The number of halogens is 1. The van der Waals surface area contributed by atoms with Crippen LogP contribution in [0.2, 0.25) is 0 Å². The van der Waals surface area contributed by atoms with Gasteiger partial charge in [0.25, 0.3) is 0 Å². The lowest BCUT2D eigenvalue weighted by Gasteiger charge is -2.24. The average molecular weight is 300 g/mol. The van der Waals surface area contributed by atoms with E-state index in [4.69, 9.17) is 4.74 Å². The Hall–Kier alpha value is -1.03. The molecule has 1 aromatic rings. The summed E-state index contributed by atoms with van der Waals surface area (Å²) < 4.78 is 4.74. The summed E-state index contributed by atoms with van der Waals surface area (Å²) in [4.78, 5) is 11.5. The van der Waals surface area contributed by atoms with Gasteiger partial charge in [0.1, 0.15) is 5.54 Å². The van der Waals surface area contributed by atoms with E-state index in [0.29, 0.717) is 0 Å². The molecule has 0 unspecified atom stereocenters. The monoisotopic (exact) mass is 299 g/mol. The lowest BCUT2D eigenvalue weighted by Crippen LogP contribution is -2.41. The van der Waals surface area contributed by atoms with E-state index in [9.17, 15) is 4.79 Å². The van der Waals surface area contributed by atoms with Gasteiger partial charge in [-0.25, -0.2) is 4.79 Å². The van der Waals surface area contributed by atoms with Gasteiger partial charge in [-0.3, -0.25) is 0 Å². The minimum atomic E-state index is -0.717. The summed E-state index contributed by atoms with van der Waals surface area (Å²) in [6.45, 7) is 3.59. The zero-order chi connectivity index (χ0) is 12.9. The Morgan fingerprint density at radius 2 is 1.94 bits per heavy atom. The number of methoxy groups -OCH3 is 1. The Labute approximate surface area is 111 Å². The molecular formula is C13H18BrNO2. The van der Waals surface area contributed by atoms with Crippen LogP contribution >= 0.6 is 15.9 Å². The van der Waals surface area contributed by atoms with Crippen molar-refractivity contribution in [2.75, 3.05) is 17.8 Å². The van der Waals surface area contributed by atoms with E-state index in [2.05, 4.69) is 33.4 Å². The van der Waals surface area contributed by atoms with Crippen molar-refractivity contribution in [1.82, 2.24) is 0 Å². The fourth-order valence-corrected chi connectivity index (χ4v) is 1.99. The summed E-state index contributed by atoms with van der Waals surface area (Å²) >= 11 is 3.41. The molecule has 1 rings (SSSR count). The molecule has 0 aliphatic rings. The zero-order valence-electron chi connectivity index (χ0n) is 10.4. The Kier molecular flexibility index (Phi) is 5.00. The molecule has 0 atom stereocenters. The number of carbonyl (C=O) groups is 1. The van der Waals surface area contributed by atoms with Crippen molar-refractivity contribution in [3.05, 3.63) is 29.8 Å². The van der Waals surface area contributed by atoms with Gasteiger partial charge in [-0.1, -0.05) is 28.1 Å². The van der Waals surface area contributed by atoms with Gasteiger partial charge in [-0.15, -0.1) is 0 Å². The third kappa shape index (κ3) is 4.04. The first-order chi connectivity index (χ1) is 7.99. The van der Waals surface area contributed by atoms with Crippen LogP contribution in [0.1, 0.15) is 19.4 Å². The lowest BCUT2D eigenvalue weighted by atomic mass is 10.0. The minimum absolute atomic E-state index is 0.276. The average Bonchev–Trinajstić information content (AvgIpc) is 2.30. The standard InChI is InChI=1S/C13H18BrNO2/c1-13(2,12(16)17-3)15-11-6-4-10(5-7-11)8-9-14/h4-7,15H,8-9H2,1-3H3. The fourth-order valence-electron chi connectivity index (χ4n) is 1.53. The zero-order valence-corrected chi connectivity index (χ0v) is 12.0. The van der Waals surface area contributed by atoms with E-state index in [1.807, 2.05) is 12.1 Å². The summed E-state index contributed by atoms with van der Waals surface area (Å²) in [7, 11) is 1.39. The molecule has 0 aliphatic heterocycles. The summed E-state index contributed by atoms with van der Waals surface area (Å²) in [5.74, 6) is -0.276. The number of hydrogen-bond donors (Lipinski definition) is 1. The van der Waals surface area contributed by atoms with Crippen LogP contribution in [0.4, 0.5) is 5.69 Å². The molecule has 0 bridgehead atoms. The molecule has 4 heteroatoms. The van der Waals surface area contributed by atoms with E-state index in [1.54, 1.807) is 13.8 Å². The molecule has 17 heavy (non-hydrogen) atoms. The van der Waals surface area contributed by atoms with Crippen LogP contribution in [0.5, 0.6) is 0 Å². The lowest BCUT2D eigenvalue weighted by molar-refractivity contribution is -0.144. The highest BCUT2D eigenvalue weighted by molar-refractivity contribution is 9.09.